The average Bonchev–Trinajstić information content (AvgIpc) is 2.39. The number of carboxylic acid groups (broad SMARTS) is 1. The van der Waals surface area contributed by atoms with Crippen molar-refractivity contribution in [1.29, 1.82) is 5.26 Å². The predicted molar refractivity (Wildman–Crippen MR) is 67.8 cm³/mol. The van der Waals surface area contributed by atoms with Gasteiger partial charge in [-0.15, -0.1) is 0 Å². The Balaban J connectivity index is 2.34. The van der Waals surface area contributed by atoms with E-state index in [-0.39, 0.29) is 5.56 Å². The van der Waals surface area contributed by atoms with E-state index in [1.807, 2.05) is 6.07 Å². The molecule has 0 aliphatic heterocycles. The van der Waals surface area contributed by atoms with Crippen molar-refractivity contribution in [1.82, 2.24) is 0 Å². The van der Waals surface area contributed by atoms with Crippen molar-refractivity contribution in [3.05, 3.63) is 59.7 Å². The van der Waals surface area contributed by atoms with E-state index >= 15 is 0 Å². The highest BCUT2D eigenvalue weighted by molar-refractivity contribution is 5.95. The lowest BCUT2D eigenvalue weighted by Gasteiger charge is -2.09. The fourth-order valence-electron chi connectivity index (χ4n) is 1.60. The van der Waals surface area contributed by atoms with Gasteiger partial charge in [0.15, 0.2) is 0 Å². The zero-order valence-electron chi connectivity index (χ0n) is 9.42. The van der Waals surface area contributed by atoms with E-state index in [4.69, 9.17) is 10.4 Å². The minimum atomic E-state index is -0.991. The minimum absolute atomic E-state index is 0.194. The highest BCUT2D eigenvalue weighted by atomic mass is 16.4. The van der Waals surface area contributed by atoms with Crippen LogP contribution in [-0.4, -0.2) is 11.1 Å². The number of nitrogens with zero attached hydrogens (tertiary/aromatic N) is 1. The lowest BCUT2D eigenvalue weighted by atomic mass is 10.1. The summed E-state index contributed by atoms with van der Waals surface area (Å²) in [5, 5.41) is 20.8. The van der Waals surface area contributed by atoms with Crippen LogP contribution in [0, 0.1) is 11.3 Å². The largest absolute Gasteiger partial charge is 0.478 e. The van der Waals surface area contributed by atoms with Gasteiger partial charge in [-0.1, -0.05) is 18.2 Å². The van der Waals surface area contributed by atoms with Crippen molar-refractivity contribution >= 4 is 17.3 Å². The molecule has 2 aromatic carbocycles. The van der Waals surface area contributed by atoms with Gasteiger partial charge >= 0.3 is 5.97 Å². The molecule has 0 bridgehead atoms. The van der Waals surface area contributed by atoms with E-state index in [2.05, 4.69) is 5.32 Å². The van der Waals surface area contributed by atoms with Gasteiger partial charge in [0, 0.05) is 5.69 Å². The van der Waals surface area contributed by atoms with Crippen LogP contribution in [0.25, 0.3) is 0 Å². The quantitative estimate of drug-likeness (QED) is 0.862. The molecular weight excluding hydrogens is 228 g/mol. The molecule has 0 atom stereocenters. The van der Waals surface area contributed by atoms with Crippen molar-refractivity contribution < 1.29 is 9.90 Å². The highest BCUT2D eigenvalue weighted by Gasteiger charge is 2.08. The Morgan fingerprint density at radius 2 is 1.94 bits per heavy atom. The fourth-order valence-corrected chi connectivity index (χ4v) is 1.60. The Hall–Kier alpha value is -2.80. The third-order valence-electron chi connectivity index (χ3n) is 2.43. The van der Waals surface area contributed by atoms with Crippen LogP contribution in [0.15, 0.2) is 48.5 Å². The molecule has 0 saturated carbocycles. The molecule has 0 radical (unpaired) electrons. The zero-order valence-corrected chi connectivity index (χ0v) is 9.42. The second-order valence-electron chi connectivity index (χ2n) is 3.67. The molecule has 4 heteroatoms. The molecule has 0 amide bonds. The van der Waals surface area contributed by atoms with Crippen molar-refractivity contribution in [2.24, 2.45) is 0 Å². The third-order valence-corrected chi connectivity index (χ3v) is 2.43. The molecule has 0 spiro atoms. The number of aromatic carboxylic acids is 1. The summed E-state index contributed by atoms with van der Waals surface area (Å²) in [6, 6.07) is 15.5. The van der Waals surface area contributed by atoms with E-state index in [9.17, 15) is 4.79 Å². The van der Waals surface area contributed by atoms with E-state index in [1.54, 1.807) is 42.5 Å². The molecule has 0 aromatic heterocycles. The summed E-state index contributed by atoms with van der Waals surface area (Å²) < 4.78 is 0. The van der Waals surface area contributed by atoms with Crippen molar-refractivity contribution in [3.8, 4) is 6.07 Å². The van der Waals surface area contributed by atoms with Gasteiger partial charge in [0.2, 0.25) is 0 Å². The molecule has 2 N–H and O–H groups in total. The third kappa shape index (κ3) is 2.47. The molecule has 0 aliphatic carbocycles. The Kier molecular flexibility index (Phi) is 3.26. The summed E-state index contributed by atoms with van der Waals surface area (Å²) in [6.07, 6.45) is 0. The normalized spacial score (nSPS) is 9.50. The van der Waals surface area contributed by atoms with Crippen LogP contribution in [0.5, 0.6) is 0 Å². The molecule has 4 nitrogen and oxygen atoms in total. The van der Waals surface area contributed by atoms with E-state index in [0.29, 0.717) is 16.9 Å². The first kappa shape index (κ1) is 11.7. The summed E-state index contributed by atoms with van der Waals surface area (Å²) >= 11 is 0. The van der Waals surface area contributed by atoms with Crippen LogP contribution in [0.3, 0.4) is 0 Å². The van der Waals surface area contributed by atoms with Gasteiger partial charge in [0.25, 0.3) is 0 Å². The van der Waals surface area contributed by atoms with Crippen LogP contribution in [-0.2, 0) is 0 Å². The highest BCUT2D eigenvalue weighted by Crippen LogP contribution is 2.21. The predicted octanol–water partition coefficient (Wildman–Crippen LogP) is 3.00. The van der Waals surface area contributed by atoms with Gasteiger partial charge in [0.1, 0.15) is 0 Å². The topological polar surface area (TPSA) is 73.1 Å². The second kappa shape index (κ2) is 5.02. The van der Waals surface area contributed by atoms with Crippen LogP contribution in [0.1, 0.15) is 15.9 Å². The number of nitrogens with one attached hydrogen (secondary N) is 1. The first-order valence-electron chi connectivity index (χ1n) is 5.30. The number of para-hydroxylation sites is 1. The van der Waals surface area contributed by atoms with Crippen molar-refractivity contribution in [2.75, 3.05) is 5.32 Å². The zero-order chi connectivity index (χ0) is 13.0. The maximum Gasteiger partial charge on any atom is 0.337 e. The summed E-state index contributed by atoms with van der Waals surface area (Å²) in [5.41, 5.74) is 1.90. The Labute approximate surface area is 104 Å². The molecule has 0 heterocycles. The molecule has 0 unspecified atom stereocenters. The Bertz CT molecular complexity index is 630. The average molecular weight is 238 g/mol. The number of carboxylic acids is 1. The summed E-state index contributed by atoms with van der Waals surface area (Å²) in [5.74, 6) is -0.991. The number of hydrogen-bond acceptors (Lipinski definition) is 3. The molecule has 2 rings (SSSR count). The van der Waals surface area contributed by atoms with Gasteiger partial charge in [-0.05, 0) is 30.3 Å². The second-order valence-corrected chi connectivity index (χ2v) is 3.67. The minimum Gasteiger partial charge on any atom is -0.478 e. The summed E-state index contributed by atoms with van der Waals surface area (Å²) in [4.78, 5) is 11.0. The van der Waals surface area contributed by atoms with Gasteiger partial charge in [-0.25, -0.2) is 4.79 Å². The van der Waals surface area contributed by atoms with Crippen molar-refractivity contribution in [3.63, 3.8) is 0 Å². The van der Waals surface area contributed by atoms with Gasteiger partial charge in [-0.3, -0.25) is 0 Å². The van der Waals surface area contributed by atoms with Gasteiger partial charge < -0.3 is 10.4 Å². The van der Waals surface area contributed by atoms with E-state index in [1.165, 1.54) is 6.07 Å². The lowest BCUT2D eigenvalue weighted by Crippen LogP contribution is -2.02. The standard InChI is InChI=1S/C14H10N2O2/c15-9-10-4-3-5-11(8-10)16-13-7-2-1-6-12(13)14(17)18/h1-8,16H,(H,17,18). The maximum absolute atomic E-state index is 11.0. The fraction of sp³-hybridized carbons (Fsp3) is 0. The van der Waals surface area contributed by atoms with Crippen LogP contribution in [0.4, 0.5) is 11.4 Å². The molecule has 0 saturated heterocycles. The van der Waals surface area contributed by atoms with Crippen molar-refractivity contribution in [2.45, 2.75) is 0 Å². The number of anilines is 2. The number of hydrogen-bond donors (Lipinski definition) is 2. The summed E-state index contributed by atoms with van der Waals surface area (Å²) in [7, 11) is 0. The maximum atomic E-state index is 11.0. The molecule has 88 valence electrons. The molecule has 0 aliphatic rings. The van der Waals surface area contributed by atoms with E-state index < -0.39 is 5.97 Å². The smallest absolute Gasteiger partial charge is 0.337 e. The first-order chi connectivity index (χ1) is 8.70. The number of nitriles is 1. The van der Waals surface area contributed by atoms with Crippen LogP contribution < -0.4 is 5.32 Å². The molecular formula is C14H10N2O2. The van der Waals surface area contributed by atoms with Gasteiger partial charge in [0.05, 0.1) is 22.9 Å². The first-order valence-corrected chi connectivity index (χ1v) is 5.30. The lowest BCUT2D eigenvalue weighted by molar-refractivity contribution is 0.0698. The SMILES string of the molecule is N#Cc1cccc(Nc2ccccc2C(=O)O)c1. The summed E-state index contributed by atoms with van der Waals surface area (Å²) in [6.45, 7) is 0. The Morgan fingerprint density at radius 1 is 1.17 bits per heavy atom. The van der Waals surface area contributed by atoms with E-state index in [0.717, 1.165) is 0 Å². The number of rotatable bonds is 3. The molecule has 0 fully saturated rings. The number of benzene rings is 2. The molecule has 2 aromatic rings. The molecule has 18 heavy (non-hydrogen) atoms. The number of carbonyl (C=O) groups is 1. The van der Waals surface area contributed by atoms with Gasteiger partial charge in [-0.2, -0.15) is 5.26 Å². The Morgan fingerprint density at radius 3 is 2.67 bits per heavy atom. The van der Waals surface area contributed by atoms with Crippen LogP contribution >= 0.6 is 0 Å². The van der Waals surface area contributed by atoms with Crippen LogP contribution in [0.2, 0.25) is 0 Å². The monoisotopic (exact) mass is 238 g/mol.